The van der Waals surface area contributed by atoms with Crippen LogP contribution >= 0.6 is 11.8 Å². The highest BCUT2D eigenvalue weighted by atomic mass is 32.2. The van der Waals surface area contributed by atoms with E-state index in [0.717, 1.165) is 45.5 Å². The van der Waals surface area contributed by atoms with E-state index in [0.29, 0.717) is 23.3 Å². The lowest BCUT2D eigenvalue weighted by Gasteiger charge is -2.11. The molecule has 1 heterocycles. The number of aromatic nitrogens is 3. The van der Waals surface area contributed by atoms with E-state index in [2.05, 4.69) is 25.3 Å². The standard InChI is InChI=1S/C31H31F3N6O5S/c1-5-43-17-27(41)44-19-46-30(37-28-20(2)14-26(42-4)15-21(28)3)38-36-16-22-6-8-23(9-7-22)29-35-18-40(39-29)24-10-12-25(13-11-24)45-31(32,33)34/h6-16,18H,5,17,19H2,1-4H3,(H,37,38)/b36-16+. The van der Waals surface area contributed by atoms with Crippen molar-refractivity contribution < 1.29 is 36.9 Å². The van der Waals surface area contributed by atoms with Crippen LogP contribution in [0.5, 0.6) is 11.5 Å². The van der Waals surface area contributed by atoms with Gasteiger partial charge in [0.15, 0.2) is 11.0 Å². The molecule has 0 aliphatic rings. The van der Waals surface area contributed by atoms with Crippen LogP contribution in [0.1, 0.15) is 23.6 Å². The molecule has 0 spiro atoms. The zero-order valence-corrected chi connectivity index (χ0v) is 26.2. The maximum atomic E-state index is 12.4. The number of esters is 1. The number of nitrogens with zero attached hydrogens (tertiary/aromatic N) is 5. The third kappa shape index (κ3) is 10.1. The van der Waals surface area contributed by atoms with Crippen molar-refractivity contribution in [3.8, 4) is 28.6 Å². The number of halogens is 3. The Kier molecular flexibility index (Phi) is 11.8. The Morgan fingerprint density at radius 3 is 2.37 bits per heavy atom. The number of rotatable bonds is 12. The van der Waals surface area contributed by atoms with E-state index in [-0.39, 0.29) is 18.3 Å². The predicted octanol–water partition coefficient (Wildman–Crippen LogP) is 6.34. The molecule has 4 aromatic rings. The van der Waals surface area contributed by atoms with E-state index in [4.69, 9.17) is 19.2 Å². The molecule has 4 rings (SSSR count). The van der Waals surface area contributed by atoms with E-state index >= 15 is 0 Å². The van der Waals surface area contributed by atoms with Crippen molar-refractivity contribution in [1.82, 2.24) is 20.2 Å². The number of carbonyl (C=O) groups is 1. The fraction of sp³-hybridized carbons (Fsp3) is 0.258. The lowest BCUT2D eigenvalue weighted by Crippen LogP contribution is -2.17. The van der Waals surface area contributed by atoms with Crippen LogP contribution in [-0.4, -0.2) is 64.7 Å². The molecule has 11 nitrogen and oxygen atoms in total. The summed E-state index contributed by atoms with van der Waals surface area (Å²) in [5.74, 6) is 0.334. The molecule has 0 bridgehead atoms. The van der Waals surface area contributed by atoms with E-state index in [1.807, 2.05) is 50.2 Å². The largest absolute Gasteiger partial charge is 0.573 e. The minimum Gasteiger partial charge on any atom is -0.497 e. The molecule has 1 aromatic heterocycles. The van der Waals surface area contributed by atoms with Crippen molar-refractivity contribution in [1.29, 1.82) is 0 Å². The molecule has 46 heavy (non-hydrogen) atoms. The summed E-state index contributed by atoms with van der Waals surface area (Å²) >= 11 is 1.16. The topological polar surface area (TPSA) is 121 Å². The molecule has 0 radical (unpaired) electrons. The van der Waals surface area contributed by atoms with Crippen LogP contribution in [-0.2, 0) is 14.3 Å². The fourth-order valence-electron chi connectivity index (χ4n) is 3.98. The fourth-order valence-corrected chi connectivity index (χ4v) is 4.56. The van der Waals surface area contributed by atoms with Gasteiger partial charge in [0.2, 0.25) is 0 Å². The molecule has 0 amide bonds. The van der Waals surface area contributed by atoms with Crippen molar-refractivity contribution in [2.24, 2.45) is 10.1 Å². The number of thioether (sulfide) groups is 1. The SMILES string of the molecule is CCOCC(=O)OCS/C(=N\c1c(C)cc(OC)cc1C)N/N=C/c1ccc(-c2ncn(-c3ccc(OC(F)(F)F)cc3)n2)cc1. The number of hydrazone groups is 1. The van der Waals surface area contributed by atoms with Gasteiger partial charge in [-0.3, -0.25) is 5.43 Å². The van der Waals surface area contributed by atoms with Gasteiger partial charge in [0.1, 0.15) is 30.4 Å². The Morgan fingerprint density at radius 1 is 1.04 bits per heavy atom. The summed E-state index contributed by atoms with van der Waals surface area (Å²) in [6, 6.07) is 16.3. The van der Waals surface area contributed by atoms with Crippen LogP contribution in [0.15, 0.2) is 77.1 Å². The summed E-state index contributed by atoms with van der Waals surface area (Å²) < 4.78 is 58.3. The first-order valence-corrected chi connectivity index (χ1v) is 14.8. The number of hydrogen-bond acceptors (Lipinski definition) is 10. The van der Waals surface area contributed by atoms with E-state index in [1.165, 1.54) is 35.3 Å². The summed E-state index contributed by atoms with van der Waals surface area (Å²) in [6.07, 6.45) is -1.70. The molecule has 0 unspecified atom stereocenters. The maximum Gasteiger partial charge on any atom is 0.573 e. The Labute approximate surface area is 267 Å². The van der Waals surface area contributed by atoms with Crippen molar-refractivity contribution in [2.45, 2.75) is 27.1 Å². The summed E-state index contributed by atoms with van der Waals surface area (Å²) in [5.41, 5.74) is 7.45. The van der Waals surface area contributed by atoms with Gasteiger partial charge >= 0.3 is 12.3 Å². The van der Waals surface area contributed by atoms with Crippen LogP contribution in [0, 0.1) is 13.8 Å². The molecule has 0 fully saturated rings. The first-order valence-electron chi connectivity index (χ1n) is 13.8. The highest BCUT2D eigenvalue weighted by Crippen LogP contribution is 2.30. The lowest BCUT2D eigenvalue weighted by molar-refractivity contribution is -0.274. The van der Waals surface area contributed by atoms with E-state index in [9.17, 15) is 18.0 Å². The minimum absolute atomic E-state index is 0.00132. The lowest BCUT2D eigenvalue weighted by atomic mass is 10.1. The zero-order valence-electron chi connectivity index (χ0n) is 25.4. The molecule has 1 N–H and O–H groups in total. The summed E-state index contributed by atoms with van der Waals surface area (Å²) in [6.45, 7) is 5.91. The van der Waals surface area contributed by atoms with E-state index < -0.39 is 12.3 Å². The summed E-state index contributed by atoms with van der Waals surface area (Å²) in [4.78, 5) is 20.9. The normalized spacial score (nSPS) is 11.9. The highest BCUT2D eigenvalue weighted by molar-refractivity contribution is 8.13. The summed E-state index contributed by atoms with van der Waals surface area (Å²) in [5, 5.41) is 9.14. The van der Waals surface area contributed by atoms with Crippen molar-refractivity contribution in [3.05, 3.63) is 83.7 Å². The number of aliphatic imine (C=N–C) groups is 1. The van der Waals surface area contributed by atoms with E-state index in [1.54, 1.807) is 20.2 Å². The second kappa shape index (κ2) is 15.9. The van der Waals surface area contributed by atoms with Gasteiger partial charge in [-0.25, -0.2) is 19.5 Å². The molecular weight excluding hydrogens is 625 g/mol. The number of carbonyl (C=O) groups excluding carboxylic acids is 1. The quantitative estimate of drug-likeness (QED) is 0.0612. The van der Waals surface area contributed by atoms with Crippen LogP contribution < -0.4 is 14.9 Å². The number of amidine groups is 1. The zero-order chi connectivity index (χ0) is 33.1. The highest BCUT2D eigenvalue weighted by Gasteiger charge is 2.31. The number of benzene rings is 3. The van der Waals surface area contributed by atoms with Gasteiger partial charge in [0.05, 0.1) is 24.7 Å². The van der Waals surface area contributed by atoms with Gasteiger partial charge in [0, 0.05) is 12.2 Å². The second-order valence-electron chi connectivity index (χ2n) is 9.49. The van der Waals surface area contributed by atoms with Gasteiger partial charge in [-0.2, -0.15) is 5.10 Å². The molecule has 0 atom stereocenters. The first-order chi connectivity index (χ1) is 22.0. The first kappa shape index (κ1) is 34.0. The number of hydrogen-bond donors (Lipinski definition) is 1. The monoisotopic (exact) mass is 656 g/mol. The van der Waals surface area contributed by atoms with Crippen LogP contribution in [0.3, 0.4) is 0 Å². The van der Waals surface area contributed by atoms with Gasteiger partial charge in [-0.1, -0.05) is 24.3 Å². The number of nitrogens with one attached hydrogen (secondary N) is 1. The Bertz CT molecular complexity index is 1650. The third-order valence-electron chi connectivity index (χ3n) is 6.12. The van der Waals surface area contributed by atoms with Gasteiger partial charge in [0.25, 0.3) is 0 Å². The van der Waals surface area contributed by atoms with Crippen molar-refractivity contribution in [3.63, 3.8) is 0 Å². The molecule has 0 aliphatic heterocycles. The molecule has 0 aliphatic carbocycles. The molecule has 0 saturated carbocycles. The van der Waals surface area contributed by atoms with Crippen LogP contribution in [0.4, 0.5) is 18.9 Å². The van der Waals surface area contributed by atoms with Crippen LogP contribution in [0.2, 0.25) is 0 Å². The maximum absolute atomic E-state index is 12.4. The molecule has 3 aromatic carbocycles. The number of alkyl halides is 3. The molecule has 15 heteroatoms. The van der Waals surface area contributed by atoms with Gasteiger partial charge in [-0.15, -0.1) is 18.3 Å². The molecule has 242 valence electrons. The van der Waals surface area contributed by atoms with Crippen molar-refractivity contribution in [2.75, 3.05) is 26.3 Å². The molecule has 0 saturated heterocycles. The Balaban J connectivity index is 1.43. The third-order valence-corrected chi connectivity index (χ3v) is 6.81. The van der Waals surface area contributed by atoms with Gasteiger partial charge < -0.3 is 18.9 Å². The minimum atomic E-state index is -4.76. The Hall–Kier alpha value is -4.89. The Morgan fingerprint density at radius 2 is 1.74 bits per heavy atom. The predicted molar refractivity (Wildman–Crippen MR) is 169 cm³/mol. The number of aryl methyl sites for hydroxylation is 2. The second-order valence-corrected chi connectivity index (χ2v) is 10.4. The average Bonchev–Trinajstić information content (AvgIpc) is 3.51. The average molecular weight is 657 g/mol. The smallest absolute Gasteiger partial charge is 0.497 e. The summed E-state index contributed by atoms with van der Waals surface area (Å²) in [7, 11) is 1.60. The molecular formula is C31H31F3N6O5S. The van der Waals surface area contributed by atoms with Gasteiger partial charge in [-0.05, 0) is 85.6 Å². The van der Waals surface area contributed by atoms with Crippen LogP contribution in [0.25, 0.3) is 17.1 Å². The van der Waals surface area contributed by atoms with Crippen molar-refractivity contribution >= 4 is 34.8 Å². The number of ether oxygens (including phenoxy) is 4. The number of methoxy groups -OCH3 is 1.